The summed E-state index contributed by atoms with van der Waals surface area (Å²) >= 11 is 0. The van der Waals surface area contributed by atoms with Crippen LogP contribution in [-0.2, 0) is 16.1 Å². The molecule has 0 amide bonds. The second-order valence-corrected chi connectivity index (χ2v) is 3.76. The van der Waals surface area contributed by atoms with Gasteiger partial charge in [-0.3, -0.25) is 9.69 Å². The second kappa shape index (κ2) is 6.30. The van der Waals surface area contributed by atoms with Crippen molar-refractivity contribution in [3.05, 3.63) is 35.4 Å². The number of carbonyl (C=O) groups is 1. The van der Waals surface area contributed by atoms with E-state index in [0.29, 0.717) is 12.2 Å². The Morgan fingerprint density at radius 3 is 2.41 bits per heavy atom. The van der Waals surface area contributed by atoms with Gasteiger partial charge in [-0.15, -0.1) is 0 Å². The molecule has 0 saturated heterocycles. The van der Waals surface area contributed by atoms with Crippen LogP contribution in [0.25, 0.3) is 0 Å². The Labute approximate surface area is 99.0 Å². The maximum absolute atomic E-state index is 12.9. The minimum atomic E-state index is -0.621. The third-order valence-corrected chi connectivity index (χ3v) is 2.08. The number of halogens is 2. The highest BCUT2D eigenvalue weighted by molar-refractivity contribution is 5.71. The number of hydrogen-bond donors (Lipinski definition) is 0. The van der Waals surface area contributed by atoms with Gasteiger partial charge in [0.25, 0.3) is 0 Å². The Balaban J connectivity index is 2.55. The van der Waals surface area contributed by atoms with Crippen LogP contribution in [0.15, 0.2) is 18.2 Å². The lowest BCUT2D eigenvalue weighted by atomic mass is 10.2. The van der Waals surface area contributed by atoms with Crippen LogP contribution >= 0.6 is 0 Å². The van der Waals surface area contributed by atoms with Crippen molar-refractivity contribution >= 4 is 5.97 Å². The van der Waals surface area contributed by atoms with Crippen LogP contribution in [0.2, 0.25) is 0 Å². The summed E-state index contributed by atoms with van der Waals surface area (Å²) in [4.78, 5) is 12.8. The molecule has 3 nitrogen and oxygen atoms in total. The topological polar surface area (TPSA) is 29.5 Å². The van der Waals surface area contributed by atoms with Gasteiger partial charge in [0.1, 0.15) is 11.6 Å². The molecule has 0 saturated carbocycles. The Morgan fingerprint density at radius 2 is 1.88 bits per heavy atom. The predicted octanol–water partition coefficient (Wildman–Crippen LogP) is 1.96. The van der Waals surface area contributed by atoms with Crippen molar-refractivity contribution in [1.29, 1.82) is 0 Å². The lowest BCUT2D eigenvalue weighted by molar-refractivity contribution is -0.144. The van der Waals surface area contributed by atoms with Gasteiger partial charge in [0.2, 0.25) is 0 Å². The summed E-state index contributed by atoms with van der Waals surface area (Å²) in [5.41, 5.74) is 0.481. The van der Waals surface area contributed by atoms with E-state index < -0.39 is 11.6 Å². The fourth-order valence-electron chi connectivity index (χ4n) is 1.50. The highest BCUT2D eigenvalue weighted by Crippen LogP contribution is 2.09. The average molecular weight is 243 g/mol. The zero-order chi connectivity index (χ0) is 12.8. The Bertz CT molecular complexity index is 376. The number of benzene rings is 1. The molecule has 1 aromatic carbocycles. The zero-order valence-corrected chi connectivity index (χ0v) is 9.87. The normalized spacial score (nSPS) is 10.6. The van der Waals surface area contributed by atoms with E-state index >= 15 is 0 Å². The van der Waals surface area contributed by atoms with Gasteiger partial charge in [-0.05, 0) is 31.7 Å². The molecule has 0 aliphatic heterocycles. The number of hydrogen-bond acceptors (Lipinski definition) is 3. The Morgan fingerprint density at radius 1 is 1.29 bits per heavy atom. The minimum absolute atomic E-state index is 0.0893. The van der Waals surface area contributed by atoms with Gasteiger partial charge in [-0.1, -0.05) is 0 Å². The van der Waals surface area contributed by atoms with E-state index in [0.717, 1.165) is 6.07 Å². The third-order valence-electron chi connectivity index (χ3n) is 2.08. The minimum Gasteiger partial charge on any atom is -0.465 e. The monoisotopic (exact) mass is 243 g/mol. The lowest BCUT2D eigenvalue weighted by Crippen LogP contribution is -2.27. The van der Waals surface area contributed by atoms with Gasteiger partial charge in [-0.25, -0.2) is 8.78 Å². The van der Waals surface area contributed by atoms with Crippen molar-refractivity contribution in [2.24, 2.45) is 0 Å². The van der Waals surface area contributed by atoms with Gasteiger partial charge in [0, 0.05) is 12.6 Å². The van der Waals surface area contributed by atoms with E-state index in [1.165, 1.54) is 12.1 Å². The first-order valence-electron chi connectivity index (χ1n) is 5.30. The van der Waals surface area contributed by atoms with Crippen molar-refractivity contribution in [1.82, 2.24) is 4.90 Å². The van der Waals surface area contributed by atoms with E-state index in [4.69, 9.17) is 4.74 Å². The SMILES string of the molecule is CCOC(=O)CN(C)Cc1cc(F)cc(F)c1. The van der Waals surface area contributed by atoms with Gasteiger partial charge >= 0.3 is 5.97 Å². The quantitative estimate of drug-likeness (QED) is 0.740. The summed E-state index contributed by atoms with van der Waals surface area (Å²) in [6.07, 6.45) is 0. The van der Waals surface area contributed by atoms with Crippen LogP contribution in [0.1, 0.15) is 12.5 Å². The van der Waals surface area contributed by atoms with Gasteiger partial charge in [0.05, 0.1) is 13.2 Å². The number of carbonyl (C=O) groups excluding carboxylic acids is 1. The van der Waals surface area contributed by atoms with Gasteiger partial charge in [-0.2, -0.15) is 0 Å². The molecule has 1 rings (SSSR count). The second-order valence-electron chi connectivity index (χ2n) is 3.76. The molecular weight excluding hydrogens is 228 g/mol. The Kier molecular flexibility index (Phi) is 5.03. The molecule has 0 fully saturated rings. The molecule has 0 aromatic heterocycles. The van der Waals surface area contributed by atoms with Crippen molar-refractivity contribution in [3.63, 3.8) is 0 Å². The van der Waals surface area contributed by atoms with Gasteiger partial charge in [0.15, 0.2) is 0 Å². The maximum atomic E-state index is 12.9. The Hall–Kier alpha value is -1.49. The molecule has 0 aliphatic carbocycles. The molecule has 0 spiro atoms. The molecule has 0 unspecified atom stereocenters. The first-order valence-corrected chi connectivity index (χ1v) is 5.30. The molecule has 94 valence electrons. The summed E-state index contributed by atoms with van der Waals surface area (Å²) < 4.78 is 30.6. The van der Waals surface area contributed by atoms with E-state index in [1.54, 1.807) is 18.9 Å². The van der Waals surface area contributed by atoms with Crippen LogP contribution < -0.4 is 0 Å². The number of ether oxygens (including phenoxy) is 1. The van der Waals surface area contributed by atoms with Crippen molar-refractivity contribution < 1.29 is 18.3 Å². The molecule has 1 aromatic rings. The summed E-state index contributed by atoms with van der Waals surface area (Å²) in [6, 6.07) is 3.30. The lowest BCUT2D eigenvalue weighted by Gasteiger charge is -2.15. The smallest absolute Gasteiger partial charge is 0.320 e. The molecule has 0 bridgehead atoms. The molecule has 0 N–H and O–H groups in total. The molecule has 0 aliphatic rings. The van der Waals surface area contributed by atoms with E-state index in [9.17, 15) is 13.6 Å². The molecule has 17 heavy (non-hydrogen) atoms. The first-order chi connectivity index (χ1) is 8.01. The van der Waals surface area contributed by atoms with Crippen LogP contribution in [-0.4, -0.2) is 31.1 Å². The zero-order valence-electron chi connectivity index (χ0n) is 9.87. The van der Waals surface area contributed by atoms with E-state index in [1.807, 2.05) is 0 Å². The van der Waals surface area contributed by atoms with Crippen molar-refractivity contribution in [2.45, 2.75) is 13.5 Å². The van der Waals surface area contributed by atoms with Crippen LogP contribution in [0.4, 0.5) is 8.78 Å². The third kappa shape index (κ3) is 4.91. The fraction of sp³-hybridized carbons (Fsp3) is 0.417. The molecule has 0 heterocycles. The average Bonchev–Trinajstić information content (AvgIpc) is 2.14. The molecule has 0 atom stereocenters. The predicted molar refractivity (Wildman–Crippen MR) is 59.3 cm³/mol. The number of esters is 1. The van der Waals surface area contributed by atoms with Gasteiger partial charge < -0.3 is 4.74 Å². The maximum Gasteiger partial charge on any atom is 0.320 e. The summed E-state index contributed by atoms with van der Waals surface area (Å²) in [5.74, 6) is -1.60. The summed E-state index contributed by atoms with van der Waals surface area (Å²) in [6.45, 7) is 2.42. The van der Waals surface area contributed by atoms with Crippen molar-refractivity contribution in [2.75, 3.05) is 20.2 Å². The van der Waals surface area contributed by atoms with Crippen molar-refractivity contribution in [3.8, 4) is 0 Å². The first kappa shape index (κ1) is 13.6. The molecular formula is C12H15F2NO2. The summed E-state index contributed by atoms with van der Waals surface area (Å²) in [5, 5.41) is 0. The van der Waals surface area contributed by atoms with E-state index in [2.05, 4.69) is 0 Å². The number of likely N-dealkylation sites (N-methyl/N-ethyl adjacent to an activating group) is 1. The largest absolute Gasteiger partial charge is 0.465 e. The standard InChI is InChI=1S/C12H15F2NO2/c1-3-17-12(16)8-15(2)7-9-4-10(13)6-11(14)5-9/h4-6H,3,7-8H2,1-2H3. The molecule has 0 radical (unpaired) electrons. The highest BCUT2D eigenvalue weighted by atomic mass is 19.1. The van der Waals surface area contributed by atoms with E-state index in [-0.39, 0.29) is 19.1 Å². The summed E-state index contributed by atoms with van der Waals surface area (Å²) in [7, 11) is 1.68. The number of rotatable bonds is 5. The fourth-order valence-corrected chi connectivity index (χ4v) is 1.50. The van der Waals surface area contributed by atoms with Crippen LogP contribution in [0, 0.1) is 11.6 Å². The number of nitrogens with zero attached hydrogens (tertiary/aromatic N) is 1. The van der Waals surface area contributed by atoms with Crippen LogP contribution in [0.3, 0.4) is 0 Å². The highest BCUT2D eigenvalue weighted by Gasteiger charge is 2.09. The van der Waals surface area contributed by atoms with Crippen LogP contribution in [0.5, 0.6) is 0 Å². The molecule has 5 heteroatoms.